The average molecular weight is 437 g/mol. The molecule has 1 aromatic heterocycles. The number of aryl methyl sites for hydroxylation is 1. The largest absolute Gasteiger partial charge is 0.481 e. The van der Waals surface area contributed by atoms with Crippen LogP contribution in [0.15, 0.2) is 24.4 Å². The molecule has 2 aromatic rings. The highest BCUT2D eigenvalue weighted by atomic mass is 16.4. The smallest absolute Gasteiger partial charge is 0.306 e. The predicted octanol–water partition coefficient (Wildman–Crippen LogP) is 5.52. The van der Waals surface area contributed by atoms with Gasteiger partial charge in [-0.25, -0.2) is 0 Å². The van der Waals surface area contributed by atoms with E-state index in [0.717, 1.165) is 45.2 Å². The third-order valence-electron chi connectivity index (χ3n) is 8.34. The van der Waals surface area contributed by atoms with E-state index in [1.807, 2.05) is 0 Å². The summed E-state index contributed by atoms with van der Waals surface area (Å²) in [5, 5.41) is 11.1. The van der Waals surface area contributed by atoms with Gasteiger partial charge in [-0.2, -0.15) is 0 Å². The lowest BCUT2D eigenvalue weighted by molar-refractivity contribution is -0.152. The summed E-state index contributed by atoms with van der Waals surface area (Å²) in [7, 11) is 0. The first kappa shape index (κ1) is 21.5. The Morgan fingerprint density at radius 2 is 1.94 bits per heavy atom. The number of nitrogens with zero attached hydrogens (tertiary/aromatic N) is 2. The monoisotopic (exact) mass is 436 g/mol. The number of likely N-dealkylation sites (tertiary alicyclic amines) is 1. The second kappa shape index (κ2) is 8.57. The molecule has 3 aliphatic rings. The van der Waals surface area contributed by atoms with E-state index in [1.54, 1.807) is 0 Å². The molecular formula is C27H36N2O3. The SMILES string of the molecule is CCn1cc(C(C)CC(=O)N2CCCC3C(C(=O)O)CCCC32)c2c(C3CC3)cccc21. The number of aromatic nitrogens is 1. The van der Waals surface area contributed by atoms with Crippen molar-refractivity contribution < 1.29 is 14.7 Å². The van der Waals surface area contributed by atoms with E-state index < -0.39 is 5.97 Å². The molecule has 32 heavy (non-hydrogen) atoms. The molecule has 5 heteroatoms. The van der Waals surface area contributed by atoms with Crippen molar-refractivity contribution in [1.82, 2.24) is 9.47 Å². The third kappa shape index (κ3) is 3.74. The maximum absolute atomic E-state index is 13.5. The summed E-state index contributed by atoms with van der Waals surface area (Å²) in [4.78, 5) is 27.4. The minimum atomic E-state index is -0.678. The first-order chi connectivity index (χ1) is 15.5. The Labute approximate surface area is 190 Å². The van der Waals surface area contributed by atoms with Gasteiger partial charge in [0.25, 0.3) is 0 Å². The summed E-state index contributed by atoms with van der Waals surface area (Å²) in [5.41, 5.74) is 4.05. The van der Waals surface area contributed by atoms with Crippen LogP contribution in [-0.2, 0) is 16.1 Å². The van der Waals surface area contributed by atoms with E-state index >= 15 is 0 Å². The second-order valence-corrected chi connectivity index (χ2v) is 10.3. The molecule has 4 unspecified atom stereocenters. The van der Waals surface area contributed by atoms with Crippen LogP contribution in [-0.4, -0.2) is 39.0 Å². The number of benzene rings is 1. The molecule has 1 aromatic carbocycles. The van der Waals surface area contributed by atoms with Gasteiger partial charge in [-0.1, -0.05) is 25.5 Å². The number of rotatable bonds is 6. The van der Waals surface area contributed by atoms with E-state index in [2.05, 4.69) is 47.7 Å². The molecule has 5 rings (SSSR count). The van der Waals surface area contributed by atoms with Gasteiger partial charge in [-0.15, -0.1) is 0 Å². The predicted molar refractivity (Wildman–Crippen MR) is 126 cm³/mol. The highest BCUT2D eigenvalue weighted by Gasteiger charge is 2.43. The Kier molecular flexibility index (Phi) is 5.77. The molecule has 172 valence electrons. The number of carbonyl (C=O) groups is 2. The molecule has 1 N–H and O–H groups in total. The average Bonchev–Trinajstić information content (AvgIpc) is 3.57. The maximum atomic E-state index is 13.5. The summed E-state index contributed by atoms with van der Waals surface area (Å²) >= 11 is 0. The summed E-state index contributed by atoms with van der Waals surface area (Å²) in [5.74, 6) is 0.188. The molecule has 0 bridgehead atoms. The lowest BCUT2D eigenvalue weighted by Crippen LogP contribution is -2.53. The number of carboxylic acid groups (broad SMARTS) is 1. The molecular weight excluding hydrogens is 400 g/mol. The van der Waals surface area contributed by atoms with Crippen molar-refractivity contribution in [3.63, 3.8) is 0 Å². The number of amides is 1. The zero-order valence-electron chi connectivity index (χ0n) is 19.4. The van der Waals surface area contributed by atoms with Crippen LogP contribution in [0.2, 0.25) is 0 Å². The number of aliphatic carboxylic acids is 1. The highest BCUT2D eigenvalue weighted by molar-refractivity contribution is 5.89. The lowest BCUT2D eigenvalue weighted by Gasteiger charge is -2.46. The quantitative estimate of drug-likeness (QED) is 0.648. The van der Waals surface area contributed by atoms with Crippen molar-refractivity contribution in [1.29, 1.82) is 0 Å². The zero-order chi connectivity index (χ0) is 22.4. The van der Waals surface area contributed by atoms with Crippen LogP contribution in [0.25, 0.3) is 10.9 Å². The van der Waals surface area contributed by atoms with Crippen molar-refractivity contribution in [2.75, 3.05) is 6.54 Å². The van der Waals surface area contributed by atoms with Gasteiger partial charge >= 0.3 is 5.97 Å². The minimum absolute atomic E-state index is 0.109. The summed E-state index contributed by atoms with van der Waals surface area (Å²) in [6.07, 6.45) is 9.80. The van der Waals surface area contributed by atoms with E-state index in [9.17, 15) is 14.7 Å². The third-order valence-corrected chi connectivity index (χ3v) is 8.34. The maximum Gasteiger partial charge on any atom is 0.306 e. The Morgan fingerprint density at radius 3 is 2.66 bits per heavy atom. The summed E-state index contributed by atoms with van der Waals surface area (Å²) < 4.78 is 2.33. The molecule has 4 atom stereocenters. The van der Waals surface area contributed by atoms with Gasteiger partial charge in [-0.05, 0) is 80.4 Å². The zero-order valence-corrected chi connectivity index (χ0v) is 19.4. The van der Waals surface area contributed by atoms with Crippen molar-refractivity contribution >= 4 is 22.8 Å². The minimum Gasteiger partial charge on any atom is -0.481 e. The van der Waals surface area contributed by atoms with Crippen molar-refractivity contribution in [3.8, 4) is 0 Å². The van der Waals surface area contributed by atoms with Crippen molar-refractivity contribution in [3.05, 3.63) is 35.5 Å². The molecule has 1 saturated heterocycles. The van der Waals surface area contributed by atoms with Crippen LogP contribution in [0.1, 0.15) is 88.2 Å². The molecule has 2 heterocycles. The number of piperidine rings is 1. The van der Waals surface area contributed by atoms with Gasteiger partial charge < -0.3 is 14.6 Å². The van der Waals surface area contributed by atoms with Crippen LogP contribution in [0.3, 0.4) is 0 Å². The standard InChI is InChI=1S/C27H36N2O3/c1-3-28-16-22(26-19(18-12-13-18)7-4-11-24(26)28)17(2)15-25(30)29-14-6-9-20-21(27(31)32)8-5-10-23(20)29/h4,7,11,16-18,20-21,23H,3,5-6,8-10,12-15H2,1-2H3,(H,31,32). The second-order valence-electron chi connectivity index (χ2n) is 10.3. The van der Waals surface area contributed by atoms with Gasteiger partial charge in [0.15, 0.2) is 0 Å². The van der Waals surface area contributed by atoms with Gasteiger partial charge in [0.2, 0.25) is 5.91 Å². The lowest BCUT2D eigenvalue weighted by atomic mass is 9.71. The number of hydrogen-bond donors (Lipinski definition) is 1. The topological polar surface area (TPSA) is 62.5 Å². The molecule has 0 spiro atoms. The van der Waals surface area contributed by atoms with E-state index in [1.165, 1.54) is 34.9 Å². The molecule has 5 nitrogen and oxygen atoms in total. The fourth-order valence-corrected chi connectivity index (χ4v) is 6.58. The Hall–Kier alpha value is -2.30. The normalized spacial score (nSPS) is 26.7. The number of carbonyl (C=O) groups excluding carboxylic acids is 1. The van der Waals surface area contributed by atoms with Gasteiger partial charge in [0.1, 0.15) is 0 Å². The molecule has 1 amide bonds. The Balaban J connectivity index is 1.39. The molecule has 2 saturated carbocycles. The molecule has 2 aliphatic carbocycles. The van der Waals surface area contributed by atoms with E-state index in [0.29, 0.717) is 12.3 Å². The van der Waals surface area contributed by atoms with E-state index in [-0.39, 0.29) is 29.7 Å². The van der Waals surface area contributed by atoms with Gasteiger partial charge in [-0.3, -0.25) is 9.59 Å². The fraction of sp³-hybridized carbons (Fsp3) is 0.630. The molecule has 1 aliphatic heterocycles. The molecule has 3 fully saturated rings. The van der Waals surface area contributed by atoms with Crippen LogP contribution in [0.5, 0.6) is 0 Å². The van der Waals surface area contributed by atoms with Gasteiger partial charge in [0, 0.05) is 42.7 Å². The number of hydrogen-bond acceptors (Lipinski definition) is 2. The molecule has 0 radical (unpaired) electrons. The van der Waals surface area contributed by atoms with Gasteiger partial charge in [0.05, 0.1) is 5.92 Å². The van der Waals surface area contributed by atoms with Crippen molar-refractivity contribution in [2.45, 2.75) is 89.6 Å². The first-order valence-electron chi connectivity index (χ1n) is 12.6. The fourth-order valence-electron chi connectivity index (χ4n) is 6.58. The highest BCUT2D eigenvalue weighted by Crippen LogP contribution is 2.46. The number of fused-ring (bicyclic) bond motifs is 2. The van der Waals surface area contributed by atoms with Crippen LogP contribution in [0, 0.1) is 11.8 Å². The van der Waals surface area contributed by atoms with Crippen LogP contribution >= 0.6 is 0 Å². The first-order valence-corrected chi connectivity index (χ1v) is 12.6. The summed E-state index contributed by atoms with van der Waals surface area (Å²) in [6.45, 7) is 6.08. The Bertz CT molecular complexity index is 1020. The summed E-state index contributed by atoms with van der Waals surface area (Å²) in [6, 6.07) is 6.78. The van der Waals surface area contributed by atoms with Crippen LogP contribution < -0.4 is 0 Å². The van der Waals surface area contributed by atoms with Crippen LogP contribution in [0.4, 0.5) is 0 Å². The van der Waals surface area contributed by atoms with Crippen molar-refractivity contribution in [2.24, 2.45) is 11.8 Å². The number of carboxylic acids is 1. The van der Waals surface area contributed by atoms with E-state index in [4.69, 9.17) is 0 Å². The Morgan fingerprint density at radius 1 is 1.12 bits per heavy atom.